The van der Waals surface area contributed by atoms with Crippen molar-refractivity contribution in [2.75, 3.05) is 13.6 Å². The second-order valence-corrected chi connectivity index (χ2v) is 10.6. The summed E-state index contributed by atoms with van der Waals surface area (Å²) in [6, 6.07) is 0.913. The molecule has 1 fully saturated rings. The molecule has 38 heavy (non-hydrogen) atoms. The Balaban J connectivity index is 1.60. The molecule has 2 heterocycles. The summed E-state index contributed by atoms with van der Waals surface area (Å²) in [6.45, 7) is 2.56. The van der Waals surface area contributed by atoms with Crippen molar-refractivity contribution in [1.29, 1.82) is 0 Å². The average Bonchev–Trinajstić information content (AvgIpc) is 3.20. The molecule has 12 heteroatoms. The Labute approximate surface area is 218 Å². The minimum Gasteiger partial charge on any atom is -0.481 e. The lowest BCUT2D eigenvalue weighted by atomic mass is 9.50. The Morgan fingerprint density at radius 3 is 2.45 bits per heavy atom. The van der Waals surface area contributed by atoms with Gasteiger partial charge in [-0.3, -0.25) is 24.1 Å². The highest BCUT2D eigenvalue weighted by Crippen LogP contribution is 2.65. The van der Waals surface area contributed by atoms with Crippen LogP contribution in [0.1, 0.15) is 42.4 Å². The number of aryl methyl sites for hydroxylation is 1. The lowest BCUT2D eigenvalue weighted by Crippen LogP contribution is -2.75. The number of nitrogens with two attached hydrogens (primary N) is 2. The number of likely N-dealkylation sites (N-methyl/N-ethyl adjacent to an activating group) is 1. The topological polar surface area (TPSA) is 192 Å². The first-order valence-electron chi connectivity index (χ1n) is 12.5. The van der Waals surface area contributed by atoms with E-state index in [1.54, 1.807) is 6.08 Å². The molecule has 1 aromatic carbocycles. The maximum absolute atomic E-state index is 13.2. The summed E-state index contributed by atoms with van der Waals surface area (Å²) < 4.78 is 18.5. The summed E-state index contributed by atoms with van der Waals surface area (Å²) in [5, 5.41) is 18.3. The van der Waals surface area contributed by atoms with Gasteiger partial charge >= 0.3 is 23.9 Å². The van der Waals surface area contributed by atoms with Crippen LogP contribution in [0.15, 0.2) is 24.0 Å². The van der Waals surface area contributed by atoms with Crippen molar-refractivity contribution in [1.82, 2.24) is 4.90 Å². The minimum atomic E-state index is -1.42. The summed E-state index contributed by atoms with van der Waals surface area (Å²) in [5.41, 5.74) is 11.9. The van der Waals surface area contributed by atoms with E-state index in [2.05, 4.69) is 4.90 Å². The van der Waals surface area contributed by atoms with Gasteiger partial charge in [0.15, 0.2) is 6.10 Å². The predicted molar refractivity (Wildman–Crippen MR) is 130 cm³/mol. The molecule has 204 valence electrons. The van der Waals surface area contributed by atoms with Crippen molar-refractivity contribution in [3.63, 3.8) is 0 Å². The van der Waals surface area contributed by atoms with Gasteiger partial charge in [-0.25, -0.2) is 0 Å². The van der Waals surface area contributed by atoms with Crippen LogP contribution in [0.3, 0.4) is 0 Å². The van der Waals surface area contributed by atoms with Crippen molar-refractivity contribution in [3.05, 3.63) is 40.7 Å². The Bertz CT molecular complexity index is 1260. The van der Waals surface area contributed by atoms with Gasteiger partial charge in [0.1, 0.15) is 29.2 Å². The van der Waals surface area contributed by atoms with Crippen molar-refractivity contribution in [2.45, 2.75) is 74.3 Å². The number of carbonyl (C=O) groups is 4. The predicted octanol–water partition coefficient (Wildman–Crippen LogP) is -0.0292. The monoisotopic (exact) mass is 529 g/mol. The van der Waals surface area contributed by atoms with Crippen LogP contribution in [0.2, 0.25) is 0 Å². The van der Waals surface area contributed by atoms with E-state index in [-0.39, 0.29) is 18.2 Å². The summed E-state index contributed by atoms with van der Waals surface area (Å²) in [6.07, 6.45) is 1.06. The Morgan fingerprint density at radius 2 is 1.79 bits per heavy atom. The molecule has 0 unspecified atom stereocenters. The molecule has 0 amide bonds. The Hall–Kier alpha value is -3.48. The van der Waals surface area contributed by atoms with Crippen LogP contribution in [0.25, 0.3) is 0 Å². The average molecular weight is 530 g/mol. The van der Waals surface area contributed by atoms with E-state index in [1.807, 2.05) is 26.1 Å². The molecule has 12 nitrogen and oxygen atoms in total. The summed E-state index contributed by atoms with van der Waals surface area (Å²) in [4.78, 5) is 50.4. The normalized spacial score (nSPS) is 30.3. The number of hydrogen-bond donors (Lipinski definition) is 4. The third kappa shape index (κ3) is 3.69. The van der Waals surface area contributed by atoms with Gasteiger partial charge in [-0.05, 0) is 50.6 Å². The number of esters is 2. The SMILES string of the molecule is Cc1ccc2c3c1O[C@H]1C(OC(=O)C[C@H](N)C(=O)O)=CC[C@@]4(OC(=O)C[C@H](N)C(=O)O)[C@@H](C2)N(C)CC[C@]314. The first-order valence-corrected chi connectivity index (χ1v) is 12.5. The van der Waals surface area contributed by atoms with Crippen molar-refractivity contribution < 1.29 is 43.6 Å². The minimum absolute atomic E-state index is 0.177. The van der Waals surface area contributed by atoms with Crippen molar-refractivity contribution in [3.8, 4) is 5.75 Å². The van der Waals surface area contributed by atoms with E-state index < -0.39 is 65.9 Å². The van der Waals surface area contributed by atoms with Gasteiger partial charge in [0.2, 0.25) is 0 Å². The number of aliphatic carboxylic acids is 2. The van der Waals surface area contributed by atoms with E-state index in [4.69, 9.17) is 30.8 Å². The molecule has 1 spiro atoms. The lowest BCUT2D eigenvalue weighted by molar-refractivity contribution is -0.206. The number of piperidine rings is 1. The van der Waals surface area contributed by atoms with Crippen LogP contribution in [-0.4, -0.2) is 82.4 Å². The number of rotatable bonds is 8. The number of benzene rings is 1. The quantitative estimate of drug-likeness (QED) is 0.329. The highest BCUT2D eigenvalue weighted by molar-refractivity contribution is 5.83. The van der Waals surface area contributed by atoms with E-state index in [9.17, 15) is 24.3 Å². The number of likely N-dealkylation sites (tertiary alicyclic amines) is 1. The Morgan fingerprint density at radius 1 is 1.13 bits per heavy atom. The molecular weight excluding hydrogens is 498 g/mol. The van der Waals surface area contributed by atoms with Crippen LogP contribution < -0.4 is 16.2 Å². The van der Waals surface area contributed by atoms with Crippen LogP contribution in [-0.2, 0) is 40.5 Å². The molecule has 4 aliphatic rings. The molecule has 6 atom stereocenters. The molecule has 0 radical (unpaired) electrons. The van der Waals surface area contributed by atoms with E-state index >= 15 is 0 Å². The standard InChI is InChI=1S/C26H31N3O9/c1-12-3-4-13-9-17-26(38-19(31)11-15(28)24(34)35)6-5-16(36-18(30)10-14(27)23(32)33)22-25(26,7-8-29(17)2)20(13)21(12)37-22/h3-5,14-15,17,22H,6-11,27-28H2,1-2H3,(H,32,33)(H,34,35)/t14-,15-,17+,22-,25-,26+/m0/s1. The number of carbonyl (C=O) groups excluding carboxylic acids is 2. The number of hydrogen-bond acceptors (Lipinski definition) is 10. The maximum Gasteiger partial charge on any atom is 0.321 e. The van der Waals surface area contributed by atoms with Crippen LogP contribution in [0, 0.1) is 6.92 Å². The van der Waals surface area contributed by atoms with Gasteiger partial charge in [-0.2, -0.15) is 0 Å². The largest absolute Gasteiger partial charge is 0.481 e. The zero-order chi connectivity index (χ0) is 27.6. The van der Waals surface area contributed by atoms with E-state index in [0.29, 0.717) is 25.1 Å². The fourth-order valence-electron chi connectivity index (χ4n) is 6.71. The molecular formula is C26H31N3O9. The zero-order valence-corrected chi connectivity index (χ0v) is 21.1. The van der Waals surface area contributed by atoms with Crippen LogP contribution in [0.4, 0.5) is 0 Å². The fraction of sp³-hybridized carbons (Fsp3) is 0.538. The third-order valence-corrected chi connectivity index (χ3v) is 8.47. The summed E-state index contributed by atoms with van der Waals surface area (Å²) in [5.74, 6) is -3.31. The molecule has 2 aliphatic heterocycles. The molecule has 0 aromatic heterocycles. The molecule has 1 aromatic rings. The highest BCUT2D eigenvalue weighted by Gasteiger charge is 2.74. The van der Waals surface area contributed by atoms with Gasteiger partial charge in [0.05, 0.1) is 24.3 Å². The number of ether oxygens (including phenoxy) is 3. The number of nitrogens with zero attached hydrogens (tertiary/aromatic N) is 1. The molecule has 2 aliphatic carbocycles. The van der Waals surface area contributed by atoms with Crippen LogP contribution in [0.5, 0.6) is 5.75 Å². The molecule has 5 rings (SSSR count). The number of carboxylic acids is 2. The first-order chi connectivity index (χ1) is 17.9. The molecule has 6 N–H and O–H groups in total. The van der Waals surface area contributed by atoms with Crippen molar-refractivity contribution in [2.24, 2.45) is 11.5 Å². The van der Waals surface area contributed by atoms with Gasteiger partial charge in [0.25, 0.3) is 0 Å². The third-order valence-electron chi connectivity index (χ3n) is 8.47. The molecule has 0 saturated carbocycles. The fourth-order valence-corrected chi connectivity index (χ4v) is 6.71. The second kappa shape index (κ2) is 9.07. The van der Waals surface area contributed by atoms with Crippen molar-refractivity contribution >= 4 is 23.9 Å². The van der Waals surface area contributed by atoms with E-state index in [1.165, 1.54) is 0 Å². The van der Waals surface area contributed by atoms with E-state index in [0.717, 1.165) is 16.7 Å². The maximum atomic E-state index is 13.2. The van der Waals surface area contributed by atoms with Gasteiger partial charge in [-0.1, -0.05) is 12.1 Å². The van der Waals surface area contributed by atoms with Gasteiger partial charge in [-0.15, -0.1) is 0 Å². The molecule has 2 bridgehead atoms. The van der Waals surface area contributed by atoms with Gasteiger partial charge < -0.3 is 35.9 Å². The number of carboxylic acid groups (broad SMARTS) is 2. The highest BCUT2D eigenvalue weighted by atomic mass is 16.6. The lowest BCUT2D eigenvalue weighted by Gasteiger charge is -2.62. The smallest absolute Gasteiger partial charge is 0.321 e. The summed E-state index contributed by atoms with van der Waals surface area (Å²) >= 11 is 0. The molecule has 1 saturated heterocycles. The Kier molecular flexibility index (Phi) is 6.24. The van der Waals surface area contributed by atoms with Gasteiger partial charge in [0, 0.05) is 12.0 Å². The second-order valence-electron chi connectivity index (χ2n) is 10.6. The summed E-state index contributed by atoms with van der Waals surface area (Å²) in [7, 11) is 1.95. The van der Waals surface area contributed by atoms with Crippen LogP contribution >= 0.6 is 0 Å². The zero-order valence-electron chi connectivity index (χ0n) is 21.1. The first kappa shape index (κ1) is 26.1.